The molecule has 3 aromatic rings. The Hall–Kier alpha value is -2.46. The number of carbonyl (C=O) groups is 1. The minimum absolute atomic E-state index is 0.0487. The topological polar surface area (TPSA) is 25.2 Å². The summed E-state index contributed by atoms with van der Waals surface area (Å²) < 4.78 is 2.25. The van der Waals surface area contributed by atoms with Gasteiger partial charge >= 0.3 is 0 Å². The normalized spacial score (nSPS) is 16.5. The van der Waals surface area contributed by atoms with Gasteiger partial charge in [-0.25, -0.2) is 0 Å². The van der Waals surface area contributed by atoms with Gasteiger partial charge in [-0.05, 0) is 36.1 Å². The van der Waals surface area contributed by atoms with Crippen LogP contribution in [-0.4, -0.2) is 28.2 Å². The molecule has 1 aliphatic heterocycles. The molecule has 0 saturated carbocycles. The van der Waals surface area contributed by atoms with Gasteiger partial charge in [-0.3, -0.25) is 4.79 Å². The van der Waals surface area contributed by atoms with E-state index in [-0.39, 0.29) is 11.9 Å². The van der Waals surface area contributed by atoms with Crippen molar-refractivity contribution in [3.05, 3.63) is 89.7 Å². The summed E-state index contributed by atoms with van der Waals surface area (Å²) in [5.41, 5.74) is 3.11. The van der Waals surface area contributed by atoms with Crippen LogP contribution >= 0.6 is 11.8 Å². The van der Waals surface area contributed by atoms with Gasteiger partial charge in [0.15, 0.2) is 0 Å². The number of thioether (sulfide) groups is 1. The van der Waals surface area contributed by atoms with Gasteiger partial charge in [-0.1, -0.05) is 42.5 Å². The van der Waals surface area contributed by atoms with Gasteiger partial charge in [-0.2, -0.15) is 0 Å². The Balaban J connectivity index is 1.79. The summed E-state index contributed by atoms with van der Waals surface area (Å²) in [5.74, 6) is 0.103. The number of nitrogens with zero attached hydrogens (tertiary/aromatic N) is 2. The molecule has 25 heavy (non-hydrogen) atoms. The van der Waals surface area contributed by atoms with Crippen LogP contribution in [0.15, 0.2) is 77.8 Å². The van der Waals surface area contributed by atoms with Gasteiger partial charge in [0.05, 0.1) is 11.6 Å². The summed E-state index contributed by atoms with van der Waals surface area (Å²) in [7, 11) is 0. The molecule has 0 aliphatic carbocycles. The van der Waals surface area contributed by atoms with Gasteiger partial charge in [0.2, 0.25) is 0 Å². The first-order chi connectivity index (χ1) is 12.3. The van der Waals surface area contributed by atoms with Crippen LogP contribution in [-0.2, 0) is 6.54 Å². The van der Waals surface area contributed by atoms with E-state index in [0.29, 0.717) is 6.54 Å². The highest BCUT2D eigenvalue weighted by Gasteiger charge is 2.33. The second kappa shape index (κ2) is 6.81. The third kappa shape index (κ3) is 2.87. The lowest BCUT2D eigenvalue weighted by Gasteiger charge is -2.37. The number of aromatic nitrogens is 1. The van der Waals surface area contributed by atoms with Gasteiger partial charge < -0.3 is 9.47 Å². The number of carbonyl (C=O) groups excluding carboxylic acids is 1. The summed E-state index contributed by atoms with van der Waals surface area (Å²) >= 11 is 1.62. The molecule has 1 atom stereocenters. The van der Waals surface area contributed by atoms with Crippen molar-refractivity contribution >= 4 is 17.7 Å². The highest BCUT2D eigenvalue weighted by molar-refractivity contribution is 7.98. The number of rotatable bonds is 3. The molecule has 3 nitrogen and oxygen atoms in total. The first-order valence-corrected chi connectivity index (χ1v) is 9.66. The molecule has 0 spiro atoms. The fourth-order valence-electron chi connectivity index (χ4n) is 3.56. The van der Waals surface area contributed by atoms with E-state index in [2.05, 4.69) is 35.0 Å². The highest BCUT2D eigenvalue weighted by Crippen LogP contribution is 2.34. The summed E-state index contributed by atoms with van der Waals surface area (Å²) in [6, 6.07) is 22.3. The van der Waals surface area contributed by atoms with Gasteiger partial charge in [0, 0.05) is 29.9 Å². The number of benzene rings is 2. The molecule has 1 unspecified atom stereocenters. The largest absolute Gasteiger partial charge is 0.348 e. The van der Waals surface area contributed by atoms with E-state index in [1.54, 1.807) is 11.8 Å². The lowest BCUT2D eigenvalue weighted by atomic mass is 9.99. The number of amides is 1. The van der Waals surface area contributed by atoms with Crippen molar-refractivity contribution in [2.24, 2.45) is 0 Å². The molecule has 0 fully saturated rings. The van der Waals surface area contributed by atoms with E-state index in [1.807, 2.05) is 53.6 Å². The lowest BCUT2D eigenvalue weighted by molar-refractivity contribution is 0.0660. The summed E-state index contributed by atoms with van der Waals surface area (Å²) in [6.45, 7) is 1.54. The summed E-state index contributed by atoms with van der Waals surface area (Å²) in [6.07, 6.45) is 4.12. The van der Waals surface area contributed by atoms with Crippen LogP contribution in [0.1, 0.15) is 27.7 Å². The molecule has 2 heterocycles. The Kier molecular flexibility index (Phi) is 4.36. The van der Waals surface area contributed by atoms with Crippen molar-refractivity contribution in [1.82, 2.24) is 9.47 Å². The molecule has 0 saturated heterocycles. The number of fused-ring (bicyclic) bond motifs is 1. The zero-order chi connectivity index (χ0) is 17.2. The average Bonchev–Trinajstić information content (AvgIpc) is 3.16. The van der Waals surface area contributed by atoms with E-state index < -0.39 is 0 Å². The molecule has 4 heteroatoms. The molecule has 126 valence electrons. The van der Waals surface area contributed by atoms with E-state index in [4.69, 9.17) is 0 Å². The zero-order valence-electron chi connectivity index (χ0n) is 14.1. The van der Waals surface area contributed by atoms with Crippen LogP contribution in [0, 0.1) is 0 Å². The van der Waals surface area contributed by atoms with E-state index in [0.717, 1.165) is 22.6 Å². The Bertz CT molecular complexity index is 888. The Labute approximate surface area is 152 Å². The SMILES string of the molecule is CSc1ccccc1C(=O)N1CCn2cccc2C1c1ccccc1. The lowest BCUT2D eigenvalue weighted by Crippen LogP contribution is -2.42. The maximum atomic E-state index is 13.4. The third-order valence-corrected chi connectivity index (χ3v) is 5.55. The number of hydrogen-bond donors (Lipinski definition) is 0. The Morgan fingerprint density at radius 2 is 1.72 bits per heavy atom. The van der Waals surface area contributed by atoms with Crippen LogP contribution in [0.4, 0.5) is 0 Å². The minimum atomic E-state index is -0.0487. The fourth-order valence-corrected chi connectivity index (χ4v) is 4.15. The fraction of sp³-hybridized carbons (Fsp3) is 0.190. The quantitative estimate of drug-likeness (QED) is 0.653. The molecule has 1 aromatic heterocycles. The first kappa shape index (κ1) is 16.0. The van der Waals surface area contributed by atoms with Gasteiger partial charge in [0.25, 0.3) is 5.91 Å². The van der Waals surface area contributed by atoms with Crippen LogP contribution < -0.4 is 0 Å². The third-order valence-electron chi connectivity index (χ3n) is 4.75. The van der Waals surface area contributed by atoms with Crippen molar-refractivity contribution in [3.63, 3.8) is 0 Å². The maximum Gasteiger partial charge on any atom is 0.255 e. The Morgan fingerprint density at radius 3 is 2.52 bits per heavy atom. The van der Waals surface area contributed by atoms with E-state index in [9.17, 15) is 4.79 Å². The Morgan fingerprint density at radius 1 is 0.960 bits per heavy atom. The molecular weight excluding hydrogens is 328 g/mol. The molecular formula is C21H20N2OS. The average molecular weight is 348 g/mol. The smallest absolute Gasteiger partial charge is 0.255 e. The maximum absolute atomic E-state index is 13.4. The minimum Gasteiger partial charge on any atom is -0.348 e. The zero-order valence-corrected chi connectivity index (χ0v) is 14.9. The predicted octanol–water partition coefficient (Wildman–Crippen LogP) is 4.46. The molecule has 4 rings (SSSR count). The molecule has 0 bridgehead atoms. The van der Waals surface area contributed by atoms with Crippen LogP contribution in [0.2, 0.25) is 0 Å². The van der Waals surface area contributed by atoms with Crippen LogP contribution in [0.25, 0.3) is 0 Å². The van der Waals surface area contributed by atoms with Crippen molar-refractivity contribution in [1.29, 1.82) is 0 Å². The van der Waals surface area contributed by atoms with Gasteiger partial charge in [-0.15, -0.1) is 11.8 Å². The first-order valence-electron chi connectivity index (χ1n) is 8.43. The second-order valence-electron chi connectivity index (χ2n) is 6.14. The summed E-state index contributed by atoms with van der Waals surface area (Å²) in [5, 5.41) is 0. The standard InChI is InChI=1S/C21H20N2OS/c1-25-19-12-6-5-10-17(19)21(24)23-15-14-22-13-7-11-18(22)20(23)16-8-3-2-4-9-16/h2-13,20H,14-15H2,1H3. The molecule has 0 radical (unpaired) electrons. The van der Waals surface area contributed by atoms with Crippen LogP contribution in [0.5, 0.6) is 0 Å². The molecule has 1 amide bonds. The van der Waals surface area contributed by atoms with E-state index >= 15 is 0 Å². The second-order valence-corrected chi connectivity index (χ2v) is 6.99. The van der Waals surface area contributed by atoms with Crippen molar-refractivity contribution in [3.8, 4) is 0 Å². The predicted molar refractivity (Wildman–Crippen MR) is 102 cm³/mol. The molecule has 0 N–H and O–H groups in total. The molecule has 2 aromatic carbocycles. The van der Waals surface area contributed by atoms with Crippen LogP contribution in [0.3, 0.4) is 0 Å². The van der Waals surface area contributed by atoms with E-state index in [1.165, 1.54) is 5.69 Å². The summed E-state index contributed by atoms with van der Waals surface area (Å²) in [4.78, 5) is 16.4. The molecule has 1 aliphatic rings. The number of hydrogen-bond acceptors (Lipinski definition) is 2. The van der Waals surface area contributed by atoms with Crippen molar-refractivity contribution in [2.75, 3.05) is 12.8 Å². The van der Waals surface area contributed by atoms with Gasteiger partial charge in [0.1, 0.15) is 0 Å². The highest BCUT2D eigenvalue weighted by atomic mass is 32.2. The van der Waals surface area contributed by atoms with Crippen molar-refractivity contribution in [2.45, 2.75) is 17.5 Å². The monoisotopic (exact) mass is 348 g/mol. The van der Waals surface area contributed by atoms with Crippen molar-refractivity contribution < 1.29 is 4.79 Å².